The van der Waals surface area contributed by atoms with Crippen molar-refractivity contribution in [3.05, 3.63) is 77.3 Å². The Hall–Kier alpha value is -3.62. The number of rotatable bonds is 4. The number of aromatic nitrogens is 5. The minimum absolute atomic E-state index is 0.165. The van der Waals surface area contributed by atoms with Gasteiger partial charge in [-0.15, -0.1) is 0 Å². The number of hydrogen-bond donors (Lipinski definition) is 2. The molecule has 1 aliphatic heterocycles. The largest absolute Gasteiger partial charge is 0.355 e. The number of piperidine rings is 1. The van der Waals surface area contributed by atoms with Crippen LogP contribution in [0.2, 0.25) is 5.02 Å². The molecule has 2 aromatic carbocycles. The number of hydrogen-bond acceptors (Lipinski definition) is 6. The molecule has 0 unspecified atom stereocenters. The van der Waals surface area contributed by atoms with Crippen molar-refractivity contribution in [2.24, 2.45) is 17.6 Å². The number of aromatic amines is 1. The van der Waals surface area contributed by atoms with Crippen LogP contribution in [0.25, 0.3) is 33.3 Å². The van der Waals surface area contributed by atoms with Crippen molar-refractivity contribution in [3.8, 4) is 11.3 Å². The summed E-state index contributed by atoms with van der Waals surface area (Å²) in [5.74, 6) is 1.31. The van der Waals surface area contributed by atoms with Gasteiger partial charge in [-0.3, -0.25) is 10.1 Å². The number of nitrogens with one attached hydrogen (secondary N) is 1. The van der Waals surface area contributed by atoms with Crippen molar-refractivity contribution in [2.45, 2.75) is 11.8 Å². The van der Waals surface area contributed by atoms with E-state index in [1.54, 1.807) is 18.5 Å². The third-order valence-electron chi connectivity index (χ3n) is 8.05. The average molecular weight is 500 g/mol. The van der Waals surface area contributed by atoms with E-state index in [2.05, 4.69) is 20.1 Å². The quantitative estimate of drug-likeness (QED) is 0.371. The molecule has 0 spiro atoms. The topological polar surface area (TPSA) is 96.6 Å². The van der Waals surface area contributed by atoms with Crippen LogP contribution in [0.4, 0.5) is 10.2 Å². The molecular weight excluding hydrogens is 477 g/mol. The van der Waals surface area contributed by atoms with Gasteiger partial charge in [0.25, 0.3) is 0 Å². The third-order valence-corrected chi connectivity index (χ3v) is 8.25. The maximum absolute atomic E-state index is 14.7. The Bertz CT molecular complexity index is 1640. The lowest BCUT2D eigenvalue weighted by molar-refractivity contribution is 0.533. The number of benzene rings is 2. The molecule has 2 fully saturated rings. The number of H-pyrrole nitrogens is 1. The lowest BCUT2D eigenvalue weighted by atomic mass is 9.91. The zero-order chi connectivity index (χ0) is 24.4. The Morgan fingerprint density at radius 2 is 2.00 bits per heavy atom. The molecule has 3 aromatic heterocycles. The first-order valence-electron chi connectivity index (χ1n) is 12.1. The summed E-state index contributed by atoms with van der Waals surface area (Å²) < 4.78 is 14.7. The van der Waals surface area contributed by atoms with Gasteiger partial charge in [-0.2, -0.15) is 5.10 Å². The van der Waals surface area contributed by atoms with E-state index < -0.39 is 0 Å². The maximum atomic E-state index is 14.7. The van der Waals surface area contributed by atoms with Gasteiger partial charge in [-0.25, -0.2) is 14.4 Å². The zero-order valence-electron chi connectivity index (χ0n) is 19.3. The van der Waals surface area contributed by atoms with Crippen molar-refractivity contribution >= 4 is 39.5 Å². The average Bonchev–Trinajstić information content (AvgIpc) is 3.36. The van der Waals surface area contributed by atoms with E-state index in [-0.39, 0.29) is 11.2 Å². The van der Waals surface area contributed by atoms with Crippen LogP contribution >= 0.6 is 11.6 Å². The van der Waals surface area contributed by atoms with E-state index in [0.29, 0.717) is 34.6 Å². The van der Waals surface area contributed by atoms with Gasteiger partial charge in [0.15, 0.2) is 5.65 Å². The minimum atomic E-state index is -0.298. The van der Waals surface area contributed by atoms with Gasteiger partial charge in [0, 0.05) is 42.2 Å². The van der Waals surface area contributed by atoms with Gasteiger partial charge in [0.05, 0.1) is 16.7 Å². The van der Waals surface area contributed by atoms with Crippen LogP contribution in [0.5, 0.6) is 0 Å². The summed E-state index contributed by atoms with van der Waals surface area (Å²) in [7, 11) is 0. The SMILES string of the molecule is NC[C@]1(c2ccccc2F)[C@@H]2CCN(c3cnc4c(-c5ccc6cc(Cl)cnc6c5)n[nH]c4n3)C[C@@H]21. The van der Waals surface area contributed by atoms with Crippen molar-refractivity contribution < 1.29 is 4.39 Å². The van der Waals surface area contributed by atoms with Crippen LogP contribution < -0.4 is 10.6 Å². The molecule has 5 aromatic rings. The summed E-state index contributed by atoms with van der Waals surface area (Å²) in [6, 6.07) is 14.9. The van der Waals surface area contributed by atoms with E-state index in [9.17, 15) is 4.39 Å². The van der Waals surface area contributed by atoms with Crippen LogP contribution in [-0.2, 0) is 5.41 Å². The fourth-order valence-corrected chi connectivity index (χ4v) is 6.39. The normalized spacial score (nSPS) is 23.2. The van der Waals surface area contributed by atoms with E-state index in [1.165, 1.54) is 6.07 Å². The summed E-state index contributed by atoms with van der Waals surface area (Å²) in [5, 5.41) is 9.12. The molecule has 0 bridgehead atoms. The zero-order valence-corrected chi connectivity index (χ0v) is 20.1. The van der Waals surface area contributed by atoms with Crippen molar-refractivity contribution in [1.29, 1.82) is 0 Å². The first-order chi connectivity index (χ1) is 17.6. The standard InChI is InChI=1S/C27H23ClFN7/c28-17-9-15-5-6-16(10-22(15)31-11-17)24-25-26(35-34-24)33-23(12-32-25)36-8-7-18-20(13-36)27(18,14-30)19-3-1-2-4-21(19)29/h1-6,9-12,18,20H,7-8,13-14,30H2,(H,33,34,35)/t18-,20+,27-/m1/s1. The Morgan fingerprint density at radius 1 is 1.11 bits per heavy atom. The Labute approximate surface area is 211 Å². The van der Waals surface area contributed by atoms with Gasteiger partial charge < -0.3 is 10.6 Å². The van der Waals surface area contributed by atoms with Gasteiger partial charge in [-0.05, 0) is 42.0 Å². The number of pyridine rings is 1. The van der Waals surface area contributed by atoms with E-state index in [4.69, 9.17) is 27.3 Å². The van der Waals surface area contributed by atoms with E-state index in [0.717, 1.165) is 53.1 Å². The summed E-state index contributed by atoms with van der Waals surface area (Å²) in [5.41, 5.74) is 10.5. The predicted octanol–water partition coefficient (Wildman–Crippen LogP) is 4.71. The highest BCUT2D eigenvalue weighted by molar-refractivity contribution is 6.31. The van der Waals surface area contributed by atoms with Crippen LogP contribution in [0.1, 0.15) is 12.0 Å². The second-order valence-corrected chi connectivity index (χ2v) is 10.2. The highest BCUT2D eigenvalue weighted by atomic mass is 35.5. The first kappa shape index (κ1) is 21.6. The fourth-order valence-electron chi connectivity index (χ4n) is 6.22. The second-order valence-electron chi connectivity index (χ2n) is 9.73. The number of anilines is 1. The number of halogens is 2. The van der Waals surface area contributed by atoms with Gasteiger partial charge in [-0.1, -0.05) is 41.9 Å². The summed E-state index contributed by atoms with van der Waals surface area (Å²) in [6.45, 7) is 2.05. The highest BCUT2D eigenvalue weighted by Crippen LogP contribution is 2.63. The van der Waals surface area contributed by atoms with Crippen LogP contribution in [0.15, 0.2) is 60.9 Å². The van der Waals surface area contributed by atoms with Gasteiger partial charge >= 0.3 is 0 Å². The molecule has 1 aliphatic carbocycles. The predicted molar refractivity (Wildman–Crippen MR) is 138 cm³/mol. The smallest absolute Gasteiger partial charge is 0.177 e. The lowest BCUT2D eigenvalue weighted by Crippen LogP contribution is -2.32. The van der Waals surface area contributed by atoms with E-state index in [1.807, 2.05) is 36.4 Å². The molecule has 3 N–H and O–H groups in total. The number of nitrogens with two attached hydrogens (primary N) is 1. The molecule has 1 saturated heterocycles. The third kappa shape index (κ3) is 3.14. The number of nitrogens with zero attached hydrogens (tertiary/aromatic N) is 5. The molecule has 7 rings (SSSR count). The molecular formula is C27H23ClFN7. The number of fused-ring (bicyclic) bond motifs is 3. The minimum Gasteiger partial charge on any atom is -0.355 e. The Kier molecular flexibility index (Phi) is 4.78. The molecule has 2 aliphatic rings. The summed E-state index contributed by atoms with van der Waals surface area (Å²) >= 11 is 6.06. The highest BCUT2D eigenvalue weighted by Gasteiger charge is 2.66. The monoisotopic (exact) mass is 499 g/mol. The molecule has 0 amide bonds. The fraction of sp³-hybridized carbons (Fsp3) is 0.259. The molecule has 180 valence electrons. The van der Waals surface area contributed by atoms with Crippen LogP contribution in [0.3, 0.4) is 0 Å². The Balaban J connectivity index is 1.18. The van der Waals surface area contributed by atoms with Crippen molar-refractivity contribution in [3.63, 3.8) is 0 Å². The first-order valence-corrected chi connectivity index (χ1v) is 12.4. The van der Waals surface area contributed by atoms with E-state index >= 15 is 0 Å². The van der Waals surface area contributed by atoms with Crippen LogP contribution in [-0.4, -0.2) is 44.8 Å². The summed E-state index contributed by atoms with van der Waals surface area (Å²) in [6.07, 6.45) is 4.38. The Morgan fingerprint density at radius 3 is 2.86 bits per heavy atom. The second kappa shape index (κ2) is 7.94. The van der Waals surface area contributed by atoms with Gasteiger partial charge in [0.2, 0.25) is 0 Å². The molecule has 36 heavy (non-hydrogen) atoms. The molecule has 9 heteroatoms. The molecule has 1 saturated carbocycles. The molecule has 3 atom stereocenters. The molecule has 0 radical (unpaired) electrons. The van der Waals surface area contributed by atoms with Crippen molar-refractivity contribution in [2.75, 3.05) is 24.5 Å². The summed E-state index contributed by atoms with van der Waals surface area (Å²) in [4.78, 5) is 16.2. The maximum Gasteiger partial charge on any atom is 0.177 e. The molecule has 7 nitrogen and oxygen atoms in total. The molecule has 4 heterocycles. The van der Waals surface area contributed by atoms with Crippen molar-refractivity contribution in [1.82, 2.24) is 25.1 Å². The van der Waals surface area contributed by atoms with Crippen LogP contribution in [0, 0.1) is 17.7 Å². The van der Waals surface area contributed by atoms with Gasteiger partial charge in [0.1, 0.15) is 22.8 Å². The lowest BCUT2D eigenvalue weighted by Gasteiger charge is -2.26.